The lowest BCUT2D eigenvalue weighted by Crippen LogP contribution is -2.80. The summed E-state index contributed by atoms with van der Waals surface area (Å²) in [5, 5.41) is 15.7. The summed E-state index contributed by atoms with van der Waals surface area (Å²) in [7, 11) is 1.70. The zero-order chi connectivity index (χ0) is 17.5. The fourth-order valence-electron chi connectivity index (χ4n) is 8.84. The third kappa shape index (κ3) is 1.04. The first-order valence-corrected chi connectivity index (χ1v) is 10.0. The number of hydrogen-bond donors (Lipinski definition) is 2. The van der Waals surface area contributed by atoms with Crippen LogP contribution in [0.3, 0.4) is 0 Å². The summed E-state index contributed by atoms with van der Waals surface area (Å²) in [6.45, 7) is 1.90. The molecule has 6 atom stereocenters. The molecule has 4 bridgehead atoms. The second-order valence-electron chi connectivity index (χ2n) is 9.60. The average Bonchev–Trinajstić information content (AvgIpc) is 3.19. The van der Waals surface area contributed by atoms with Crippen LogP contribution in [-0.2, 0) is 10.2 Å². The quantitative estimate of drug-likeness (QED) is 0.805. The number of nitrogens with one attached hydrogen (secondary N) is 1. The predicted molar refractivity (Wildman–Crippen MR) is 95.4 cm³/mol. The summed E-state index contributed by atoms with van der Waals surface area (Å²) < 4.78 is 5.67. The van der Waals surface area contributed by atoms with Gasteiger partial charge in [0.25, 0.3) is 0 Å². The number of Topliss-reactive ketones (excluding diaryl/α,β-unsaturated/α-hetero) is 1. The minimum Gasteiger partial charge on any atom is -0.495 e. The van der Waals surface area contributed by atoms with E-state index in [0.717, 1.165) is 43.8 Å². The van der Waals surface area contributed by atoms with Crippen LogP contribution in [0.2, 0.25) is 0 Å². The van der Waals surface area contributed by atoms with Crippen molar-refractivity contribution in [1.82, 2.24) is 4.90 Å². The lowest BCUT2D eigenvalue weighted by atomic mass is 9.40. The van der Waals surface area contributed by atoms with E-state index in [2.05, 4.69) is 22.3 Å². The summed E-state index contributed by atoms with van der Waals surface area (Å²) in [5.41, 5.74) is 0.249. The molecule has 0 unspecified atom stereocenters. The molecule has 1 aromatic rings. The van der Waals surface area contributed by atoms with E-state index in [1.165, 1.54) is 12.0 Å². The Labute approximate surface area is 152 Å². The van der Waals surface area contributed by atoms with Crippen molar-refractivity contribution in [3.63, 3.8) is 0 Å². The molecule has 8 rings (SSSR count). The van der Waals surface area contributed by atoms with Crippen molar-refractivity contribution in [2.75, 3.05) is 25.5 Å². The van der Waals surface area contributed by atoms with Crippen molar-refractivity contribution in [2.24, 2.45) is 11.3 Å². The standard InChI is InChI=1S/C21H24N2O3/c1-26-14-5-2-4-12-15(14)22-20-8-7-18-6-3-9-23-10-13(21(12,20)17(18)23)16(24)19(20,25)11-18/h2,4-5,13,17,22,25H,3,6-11H2,1H3/t13-,17+,18-,19-,20+,21+/m1/s1. The van der Waals surface area contributed by atoms with Crippen LogP contribution in [0, 0.1) is 11.3 Å². The highest BCUT2D eigenvalue weighted by atomic mass is 16.5. The van der Waals surface area contributed by atoms with Crippen molar-refractivity contribution >= 4 is 11.5 Å². The molecule has 26 heavy (non-hydrogen) atoms. The molecule has 2 N–H and O–H groups in total. The molecule has 0 aromatic heterocycles. The minimum absolute atomic E-state index is 0.0853. The maximum atomic E-state index is 13.6. The molecule has 5 heteroatoms. The van der Waals surface area contributed by atoms with Gasteiger partial charge in [-0.05, 0) is 55.7 Å². The first-order valence-electron chi connectivity index (χ1n) is 10.0. The molecule has 4 saturated carbocycles. The lowest BCUT2D eigenvalue weighted by Gasteiger charge is -2.68. The Hall–Kier alpha value is -1.59. The van der Waals surface area contributed by atoms with Gasteiger partial charge in [-0.2, -0.15) is 0 Å². The molecular weight excluding hydrogens is 328 g/mol. The molecule has 3 aliphatic heterocycles. The number of hydrogen-bond acceptors (Lipinski definition) is 5. The summed E-state index contributed by atoms with van der Waals surface area (Å²) in [5.74, 6) is 0.843. The van der Waals surface area contributed by atoms with E-state index in [4.69, 9.17) is 4.74 Å². The number of ether oxygens (including phenoxy) is 1. The Morgan fingerprint density at radius 3 is 3.04 bits per heavy atom. The van der Waals surface area contributed by atoms with Crippen LogP contribution in [0.25, 0.3) is 0 Å². The number of nitrogens with zero attached hydrogens (tertiary/aromatic N) is 1. The van der Waals surface area contributed by atoms with Crippen molar-refractivity contribution in [2.45, 2.75) is 54.7 Å². The van der Waals surface area contributed by atoms with E-state index < -0.39 is 11.1 Å². The van der Waals surface area contributed by atoms with Gasteiger partial charge >= 0.3 is 0 Å². The normalized spacial score (nSPS) is 52.0. The van der Waals surface area contributed by atoms with Gasteiger partial charge in [-0.15, -0.1) is 0 Å². The Morgan fingerprint density at radius 1 is 1.31 bits per heavy atom. The number of fused-ring (bicyclic) bond motifs is 2. The molecule has 5 nitrogen and oxygen atoms in total. The number of aliphatic hydroxyl groups is 1. The predicted octanol–water partition coefficient (Wildman–Crippen LogP) is 1.69. The molecule has 3 heterocycles. The highest BCUT2D eigenvalue weighted by Gasteiger charge is 2.91. The molecule has 1 aromatic carbocycles. The number of rotatable bonds is 1. The van der Waals surface area contributed by atoms with E-state index in [-0.39, 0.29) is 22.5 Å². The lowest BCUT2D eigenvalue weighted by molar-refractivity contribution is -0.189. The molecule has 0 radical (unpaired) electrons. The summed E-state index contributed by atoms with van der Waals surface area (Å²) in [4.78, 5) is 16.2. The summed E-state index contributed by atoms with van der Waals surface area (Å²) >= 11 is 0. The number of para-hydroxylation sites is 1. The first-order chi connectivity index (χ1) is 12.5. The third-order valence-corrected chi connectivity index (χ3v) is 9.24. The smallest absolute Gasteiger partial charge is 0.172 e. The number of ketones is 1. The minimum atomic E-state index is -1.24. The van der Waals surface area contributed by atoms with Crippen molar-refractivity contribution in [1.29, 1.82) is 0 Å². The van der Waals surface area contributed by atoms with Crippen LogP contribution in [0.1, 0.15) is 37.7 Å². The molecule has 136 valence electrons. The average molecular weight is 352 g/mol. The van der Waals surface area contributed by atoms with Crippen LogP contribution in [0.4, 0.5) is 5.69 Å². The Bertz CT molecular complexity index is 901. The largest absolute Gasteiger partial charge is 0.495 e. The van der Waals surface area contributed by atoms with Gasteiger partial charge in [0.2, 0.25) is 0 Å². The Kier molecular flexibility index (Phi) is 2.13. The van der Waals surface area contributed by atoms with E-state index >= 15 is 0 Å². The fourth-order valence-corrected chi connectivity index (χ4v) is 8.84. The van der Waals surface area contributed by atoms with Crippen LogP contribution >= 0.6 is 0 Å². The van der Waals surface area contributed by atoms with Crippen LogP contribution in [0.15, 0.2) is 18.2 Å². The molecule has 6 fully saturated rings. The van der Waals surface area contributed by atoms with Gasteiger partial charge in [0, 0.05) is 18.5 Å². The molecule has 3 spiro atoms. The van der Waals surface area contributed by atoms with E-state index in [0.29, 0.717) is 12.5 Å². The second-order valence-corrected chi connectivity index (χ2v) is 9.60. The third-order valence-electron chi connectivity index (χ3n) is 9.24. The van der Waals surface area contributed by atoms with E-state index in [1.807, 2.05) is 6.07 Å². The number of carbonyl (C=O) groups is 1. The first kappa shape index (κ1) is 14.5. The van der Waals surface area contributed by atoms with Gasteiger partial charge in [-0.3, -0.25) is 9.69 Å². The number of methoxy groups -OCH3 is 1. The number of anilines is 1. The van der Waals surface area contributed by atoms with Gasteiger partial charge in [-0.1, -0.05) is 12.1 Å². The van der Waals surface area contributed by atoms with Crippen molar-refractivity contribution < 1.29 is 14.6 Å². The van der Waals surface area contributed by atoms with E-state index in [9.17, 15) is 9.90 Å². The summed E-state index contributed by atoms with van der Waals surface area (Å²) in [6, 6.07) is 6.61. The topological polar surface area (TPSA) is 61.8 Å². The molecule has 2 saturated heterocycles. The van der Waals surface area contributed by atoms with Crippen molar-refractivity contribution in [3.8, 4) is 5.75 Å². The second kappa shape index (κ2) is 3.83. The number of carbonyl (C=O) groups excluding carboxylic acids is 1. The maximum absolute atomic E-state index is 13.6. The van der Waals surface area contributed by atoms with Gasteiger partial charge < -0.3 is 15.2 Å². The van der Waals surface area contributed by atoms with Gasteiger partial charge in [0.1, 0.15) is 11.4 Å². The molecule has 7 aliphatic rings. The zero-order valence-electron chi connectivity index (χ0n) is 15.0. The molecular formula is C21H24N2O3. The highest BCUT2D eigenvalue weighted by molar-refractivity contribution is 6.02. The Morgan fingerprint density at radius 2 is 2.19 bits per heavy atom. The number of piperidine rings is 1. The van der Waals surface area contributed by atoms with Crippen LogP contribution in [-0.4, -0.2) is 53.2 Å². The highest BCUT2D eigenvalue weighted by Crippen LogP contribution is 2.80. The monoisotopic (exact) mass is 352 g/mol. The maximum Gasteiger partial charge on any atom is 0.172 e. The molecule has 0 amide bonds. The van der Waals surface area contributed by atoms with Crippen LogP contribution in [0.5, 0.6) is 5.75 Å². The molecule has 4 aliphatic carbocycles. The van der Waals surface area contributed by atoms with Gasteiger partial charge in [0.15, 0.2) is 5.78 Å². The van der Waals surface area contributed by atoms with Gasteiger partial charge in [0.05, 0.1) is 23.8 Å². The number of benzene rings is 1. The van der Waals surface area contributed by atoms with Crippen LogP contribution < -0.4 is 10.1 Å². The van der Waals surface area contributed by atoms with Crippen molar-refractivity contribution in [3.05, 3.63) is 23.8 Å². The summed E-state index contributed by atoms with van der Waals surface area (Å²) in [6.07, 6.45) is 4.97. The van der Waals surface area contributed by atoms with E-state index in [1.54, 1.807) is 7.11 Å². The zero-order valence-corrected chi connectivity index (χ0v) is 15.0. The SMILES string of the molecule is COc1cccc2c1N[C@@]13CC[C@]45CCCN6C[C@H](C(=O)[C@]1(O)C4)[C@]23[C@@H]65. The fraction of sp³-hybridized carbons (Fsp3) is 0.667. The Balaban J connectivity index is 1.63. The van der Waals surface area contributed by atoms with Gasteiger partial charge in [-0.25, -0.2) is 0 Å².